The molecule has 28 heavy (non-hydrogen) atoms. The molecule has 1 heterocycles. The van der Waals surface area contributed by atoms with Crippen molar-refractivity contribution in [2.75, 3.05) is 14.2 Å². The molecule has 6 nitrogen and oxygen atoms in total. The molecule has 3 aliphatic rings. The molecule has 6 heteroatoms. The number of carbonyl (C=O) groups is 3. The Morgan fingerprint density at radius 3 is 2.29 bits per heavy atom. The van der Waals surface area contributed by atoms with Crippen LogP contribution < -0.4 is 9.47 Å². The van der Waals surface area contributed by atoms with Crippen LogP contribution in [0.15, 0.2) is 18.2 Å². The van der Waals surface area contributed by atoms with Gasteiger partial charge in [-0.1, -0.05) is 33.8 Å². The van der Waals surface area contributed by atoms with Gasteiger partial charge in [0.1, 0.15) is 5.41 Å². The Kier molecular flexibility index (Phi) is 3.80. The number of hydrogen-bond acceptors (Lipinski definition) is 6. The summed E-state index contributed by atoms with van der Waals surface area (Å²) < 4.78 is 16.9. The van der Waals surface area contributed by atoms with Gasteiger partial charge < -0.3 is 14.2 Å². The number of Topliss-reactive ketones (excluding diaryl/α,β-unsaturated/α-hetero) is 1. The van der Waals surface area contributed by atoms with Gasteiger partial charge in [-0.15, -0.1) is 0 Å². The van der Waals surface area contributed by atoms with Crippen molar-refractivity contribution >= 4 is 17.5 Å². The lowest BCUT2D eigenvalue weighted by Crippen LogP contribution is -2.56. The van der Waals surface area contributed by atoms with Gasteiger partial charge in [0, 0.05) is 28.0 Å². The minimum atomic E-state index is -1.25. The molecule has 3 unspecified atom stereocenters. The van der Waals surface area contributed by atoms with Crippen LogP contribution in [-0.4, -0.2) is 37.9 Å². The predicted molar refractivity (Wildman–Crippen MR) is 101 cm³/mol. The number of ketones is 2. The van der Waals surface area contributed by atoms with Crippen LogP contribution in [-0.2, 0) is 19.7 Å². The first kappa shape index (κ1) is 18.7. The highest BCUT2D eigenvalue weighted by atomic mass is 16.6. The van der Waals surface area contributed by atoms with Crippen molar-refractivity contribution in [3.8, 4) is 11.5 Å². The van der Waals surface area contributed by atoms with E-state index < -0.39 is 28.8 Å². The molecule has 0 amide bonds. The van der Waals surface area contributed by atoms with Gasteiger partial charge in [0.2, 0.25) is 5.78 Å². The van der Waals surface area contributed by atoms with Gasteiger partial charge in [-0.3, -0.25) is 14.4 Å². The van der Waals surface area contributed by atoms with E-state index in [0.29, 0.717) is 22.6 Å². The number of fused-ring (bicyclic) bond motifs is 1. The molecule has 0 saturated carbocycles. The quantitative estimate of drug-likeness (QED) is 0.746. The first-order chi connectivity index (χ1) is 13.1. The largest absolute Gasteiger partial charge is 0.493 e. The van der Waals surface area contributed by atoms with Gasteiger partial charge in [0.15, 0.2) is 23.4 Å². The number of allylic oxidation sites excluding steroid dienone is 1. The summed E-state index contributed by atoms with van der Waals surface area (Å²) in [6, 6.07) is 1.79. The van der Waals surface area contributed by atoms with Crippen molar-refractivity contribution in [1.29, 1.82) is 0 Å². The van der Waals surface area contributed by atoms with Crippen LogP contribution in [0.3, 0.4) is 0 Å². The zero-order valence-electron chi connectivity index (χ0n) is 16.9. The van der Waals surface area contributed by atoms with E-state index in [9.17, 15) is 14.4 Å². The molecule has 1 fully saturated rings. The summed E-state index contributed by atoms with van der Waals surface area (Å²) in [6.07, 6.45) is 2.04. The number of hydrogen-bond donors (Lipinski definition) is 0. The lowest BCUT2D eigenvalue weighted by atomic mass is 9.51. The van der Waals surface area contributed by atoms with E-state index >= 15 is 0 Å². The minimum Gasteiger partial charge on any atom is -0.493 e. The van der Waals surface area contributed by atoms with Crippen molar-refractivity contribution < 1.29 is 28.6 Å². The van der Waals surface area contributed by atoms with Gasteiger partial charge in [-0.2, -0.15) is 0 Å². The highest BCUT2D eigenvalue weighted by molar-refractivity contribution is 6.14. The average molecular weight is 384 g/mol. The fraction of sp³-hybridized carbons (Fsp3) is 0.500. The topological polar surface area (TPSA) is 78.9 Å². The van der Waals surface area contributed by atoms with E-state index in [1.807, 2.05) is 13.8 Å². The SMILES string of the molecule is COc1c(C(C)C)cc2c(c1OC)C13C=CC(=O)C(C)(C)C1C(OC3=O)C2=O. The second-order valence-corrected chi connectivity index (χ2v) is 8.57. The smallest absolute Gasteiger partial charge is 0.321 e. The van der Waals surface area contributed by atoms with E-state index in [1.54, 1.807) is 26.0 Å². The molecule has 1 aliphatic heterocycles. The average Bonchev–Trinajstić information content (AvgIpc) is 2.92. The zero-order chi connectivity index (χ0) is 20.6. The highest BCUT2D eigenvalue weighted by Gasteiger charge is 2.71. The Hall–Kier alpha value is -2.63. The Labute approximate surface area is 163 Å². The highest BCUT2D eigenvalue weighted by Crippen LogP contribution is 2.62. The molecule has 148 valence electrons. The maximum atomic E-state index is 13.4. The van der Waals surface area contributed by atoms with Gasteiger partial charge in [-0.25, -0.2) is 0 Å². The van der Waals surface area contributed by atoms with E-state index in [0.717, 1.165) is 5.56 Å². The molecule has 1 saturated heterocycles. The molecule has 0 N–H and O–H groups in total. The van der Waals surface area contributed by atoms with Crippen LogP contribution in [0.5, 0.6) is 11.5 Å². The summed E-state index contributed by atoms with van der Waals surface area (Å²) in [5, 5.41) is 0. The Morgan fingerprint density at radius 2 is 1.71 bits per heavy atom. The first-order valence-electron chi connectivity index (χ1n) is 9.41. The Balaban J connectivity index is 2.16. The summed E-state index contributed by atoms with van der Waals surface area (Å²) in [5.41, 5.74) is -0.513. The fourth-order valence-electron chi connectivity index (χ4n) is 5.14. The van der Waals surface area contributed by atoms with Gasteiger partial charge in [-0.05, 0) is 18.1 Å². The third-order valence-corrected chi connectivity index (χ3v) is 6.51. The van der Waals surface area contributed by atoms with Crippen LogP contribution >= 0.6 is 0 Å². The minimum absolute atomic E-state index is 0.0753. The number of carbonyl (C=O) groups excluding carboxylic acids is 3. The molecule has 0 aromatic heterocycles. The van der Waals surface area contributed by atoms with Crippen molar-refractivity contribution in [2.24, 2.45) is 11.3 Å². The summed E-state index contributed by atoms with van der Waals surface area (Å²) >= 11 is 0. The number of rotatable bonds is 3. The number of ether oxygens (including phenoxy) is 3. The molecule has 1 aromatic rings. The van der Waals surface area contributed by atoms with Crippen molar-refractivity contribution in [1.82, 2.24) is 0 Å². The molecule has 0 spiro atoms. The van der Waals surface area contributed by atoms with Crippen LogP contribution in [0.4, 0.5) is 0 Å². The number of methoxy groups -OCH3 is 2. The fourth-order valence-corrected chi connectivity index (χ4v) is 5.14. The zero-order valence-corrected chi connectivity index (χ0v) is 16.9. The van der Waals surface area contributed by atoms with Gasteiger partial charge in [0.05, 0.1) is 14.2 Å². The molecule has 2 aliphatic carbocycles. The third kappa shape index (κ3) is 1.95. The normalized spacial score (nSPS) is 29.5. The molecular formula is C22H24O6. The number of benzene rings is 1. The van der Waals surface area contributed by atoms with Crippen LogP contribution in [0.2, 0.25) is 0 Å². The van der Waals surface area contributed by atoms with Crippen molar-refractivity contribution in [3.05, 3.63) is 34.9 Å². The summed E-state index contributed by atoms with van der Waals surface area (Å²) in [6.45, 7) is 7.52. The maximum absolute atomic E-state index is 13.4. The third-order valence-electron chi connectivity index (χ3n) is 6.51. The standard InChI is InChI=1S/C22H24O6/c1-10(2)11-9-12-14(17(27-6)16(11)26-5)22-8-7-13(23)21(3,4)19(22)18(15(12)24)28-20(22)25/h7-10,18-19H,1-6H3. The summed E-state index contributed by atoms with van der Waals surface area (Å²) in [5.74, 6) is -0.644. The van der Waals surface area contributed by atoms with Crippen LogP contribution in [0, 0.1) is 11.3 Å². The summed E-state index contributed by atoms with van der Waals surface area (Å²) in [7, 11) is 3.03. The number of esters is 1. The lowest BCUT2D eigenvalue weighted by Gasteiger charge is -2.46. The summed E-state index contributed by atoms with van der Waals surface area (Å²) in [4.78, 5) is 39.2. The maximum Gasteiger partial charge on any atom is 0.321 e. The van der Waals surface area contributed by atoms with Crippen LogP contribution in [0.1, 0.15) is 55.1 Å². The predicted octanol–water partition coefficient (Wildman–Crippen LogP) is 2.97. The molecule has 0 radical (unpaired) electrons. The van der Waals surface area contributed by atoms with Gasteiger partial charge >= 0.3 is 5.97 Å². The molecular weight excluding hydrogens is 360 g/mol. The lowest BCUT2D eigenvalue weighted by molar-refractivity contribution is -0.143. The molecule has 3 atom stereocenters. The van der Waals surface area contributed by atoms with Crippen molar-refractivity contribution in [3.63, 3.8) is 0 Å². The second-order valence-electron chi connectivity index (χ2n) is 8.57. The molecule has 2 bridgehead atoms. The Morgan fingerprint density at radius 1 is 1.07 bits per heavy atom. The van der Waals surface area contributed by atoms with Crippen molar-refractivity contribution in [2.45, 2.75) is 45.1 Å². The Bertz CT molecular complexity index is 954. The molecule has 4 rings (SSSR count). The van der Waals surface area contributed by atoms with E-state index in [2.05, 4.69) is 0 Å². The van der Waals surface area contributed by atoms with E-state index in [4.69, 9.17) is 14.2 Å². The molecule has 1 aromatic carbocycles. The first-order valence-corrected chi connectivity index (χ1v) is 9.41. The van der Waals surface area contributed by atoms with Crippen LogP contribution in [0.25, 0.3) is 0 Å². The van der Waals surface area contributed by atoms with E-state index in [-0.39, 0.29) is 17.5 Å². The monoisotopic (exact) mass is 384 g/mol. The van der Waals surface area contributed by atoms with Gasteiger partial charge in [0.25, 0.3) is 0 Å². The van der Waals surface area contributed by atoms with E-state index in [1.165, 1.54) is 20.3 Å². The second kappa shape index (κ2) is 5.69.